The molecule has 2 N–H and O–H groups in total. The van der Waals surface area contributed by atoms with Gasteiger partial charge < -0.3 is 15.0 Å². The van der Waals surface area contributed by atoms with E-state index >= 15 is 0 Å². The van der Waals surface area contributed by atoms with Crippen molar-refractivity contribution in [2.24, 2.45) is 5.92 Å². The van der Waals surface area contributed by atoms with Crippen molar-refractivity contribution < 1.29 is 5.11 Å². The number of anilines is 1. The summed E-state index contributed by atoms with van der Waals surface area (Å²) in [5, 5.41) is 12.9. The molecule has 2 heterocycles. The van der Waals surface area contributed by atoms with E-state index in [1.807, 2.05) is 11.5 Å². The molecular weight excluding hydrogens is 290 g/mol. The Hall–Kier alpha value is -1.40. The molecule has 2 aromatic rings. The molecule has 2 aromatic heterocycles. The van der Waals surface area contributed by atoms with Crippen molar-refractivity contribution in [3.8, 4) is 0 Å². The van der Waals surface area contributed by atoms with E-state index in [2.05, 4.69) is 20.3 Å². The number of aryl methyl sites for hydroxylation is 1. The summed E-state index contributed by atoms with van der Waals surface area (Å²) >= 11 is 6.04. The Bertz CT molecular complexity index is 621. The molecule has 0 atom stereocenters. The first-order chi connectivity index (χ1) is 10.2. The predicted octanol–water partition coefficient (Wildman–Crippen LogP) is 2.46. The molecule has 0 unspecified atom stereocenters. The minimum absolute atomic E-state index is 0.240. The van der Waals surface area contributed by atoms with Gasteiger partial charge in [-0.15, -0.1) is 0 Å². The predicted molar refractivity (Wildman–Crippen MR) is 82.5 cm³/mol. The van der Waals surface area contributed by atoms with Gasteiger partial charge in [0.2, 0.25) is 5.28 Å². The molecule has 0 aliphatic heterocycles. The molecule has 6 nitrogen and oxygen atoms in total. The number of fused-ring (bicyclic) bond motifs is 1. The number of aromatic nitrogens is 4. The second-order valence-electron chi connectivity index (χ2n) is 5.59. The quantitative estimate of drug-likeness (QED) is 0.849. The van der Waals surface area contributed by atoms with E-state index in [1.54, 1.807) is 6.33 Å². The van der Waals surface area contributed by atoms with Gasteiger partial charge in [-0.2, -0.15) is 9.97 Å². The summed E-state index contributed by atoms with van der Waals surface area (Å²) in [4.78, 5) is 13.0. The number of hydrogen-bond acceptors (Lipinski definition) is 5. The molecule has 1 fully saturated rings. The Morgan fingerprint density at radius 1 is 1.33 bits per heavy atom. The maximum absolute atomic E-state index is 9.20. The van der Waals surface area contributed by atoms with Crippen LogP contribution in [0, 0.1) is 5.92 Å². The van der Waals surface area contributed by atoms with Crippen LogP contribution in [-0.4, -0.2) is 37.3 Å². The van der Waals surface area contributed by atoms with E-state index in [4.69, 9.17) is 11.6 Å². The second-order valence-corrected chi connectivity index (χ2v) is 5.93. The zero-order valence-corrected chi connectivity index (χ0v) is 12.8. The smallest absolute Gasteiger partial charge is 0.226 e. The van der Waals surface area contributed by atoms with Crippen molar-refractivity contribution in [3.63, 3.8) is 0 Å². The number of hydrogen-bond donors (Lipinski definition) is 2. The molecule has 0 spiro atoms. The van der Waals surface area contributed by atoms with Gasteiger partial charge in [-0.3, -0.25) is 0 Å². The fourth-order valence-corrected chi connectivity index (χ4v) is 3.10. The van der Waals surface area contributed by atoms with Crippen molar-refractivity contribution in [2.45, 2.75) is 45.2 Å². The number of imidazole rings is 1. The lowest BCUT2D eigenvalue weighted by Crippen LogP contribution is -2.27. The Balaban J connectivity index is 1.82. The monoisotopic (exact) mass is 309 g/mol. The Kier molecular flexibility index (Phi) is 4.26. The molecule has 0 radical (unpaired) electrons. The molecule has 3 rings (SSSR count). The third-order valence-corrected chi connectivity index (χ3v) is 4.39. The SMILES string of the molecule is CCn1cnc2c(NC3CCC(CO)CC3)nc(Cl)nc21. The van der Waals surface area contributed by atoms with Crippen LogP contribution in [0.25, 0.3) is 11.2 Å². The highest BCUT2D eigenvalue weighted by Crippen LogP contribution is 2.28. The van der Waals surface area contributed by atoms with Crippen LogP contribution in [0.4, 0.5) is 5.82 Å². The van der Waals surface area contributed by atoms with Gasteiger partial charge >= 0.3 is 0 Å². The zero-order valence-electron chi connectivity index (χ0n) is 12.1. The number of aliphatic hydroxyl groups is 1. The molecule has 1 aliphatic rings. The Morgan fingerprint density at radius 2 is 2.10 bits per heavy atom. The van der Waals surface area contributed by atoms with E-state index in [1.165, 1.54) is 0 Å². The lowest BCUT2D eigenvalue weighted by molar-refractivity contribution is 0.186. The van der Waals surface area contributed by atoms with Crippen molar-refractivity contribution >= 4 is 28.6 Å². The zero-order chi connectivity index (χ0) is 14.8. The molecule has 21 heavy (non-hydrogen) atoms. The number of aliphatic hydroxyl groups excluding tert-OH is 1. The molecular formula is C14H20ClN5O. The van der Waals surface area contributed by atoms with Crippen molar-refractivity contribution in [1.29, 1.82) is 0 Å². The maximum Gasteiger partial charge on any atom is 0.226 e. The number of rotatable bonds is 4. The summed E-state index contributed by atoms with van der Waals surface area (Å²) in [6.45, 7) is 3.13. The normalized spacial score (nSPS) is 22.6. The molecule has 1 aliphatic carbocycles. The van der Waals surface area contributed by atoms with Gasteiger partial charge in [-0.05, 0) is 50.1 Å². The van der Waals surface area contributed by atoms with E-state index < -0.39 is 0 Å². The highest BCUT2D eigenvalue weighted by Gasteiger charge is 2.22. The van der Waals surface area contributed by atoms with E-state index in [-0.39, 0.29) is 11.9 Å². The summed E-state index contributed by atoms with van der Waals surface area (Å²) in [5.74, 6) is 1.15. The first kappa shape index (κ1) is 14.5. The summed E-state index contributed by atoms with van der Waals surface area (Å²) in [5.41, 5.74) is 1.54. The molecule has 7 heteroatoms. The van der Waals surface area contributed by atoms with Crippen LogP contribution in [0.1, 0.15) is 32.6 Å². The van der Waals surface area contributed by atoms with Crippen LogP contribution in [0.5, 0.6) is 0 Å². The maximum atomic E-state index is 9.20. The third kappa shape index (κ3) is 2.96. The highest BCUT2D eigenvalue weighted by atomic mass is 35.5. The van der Waals surface area contributed by atoms with E-state index in [0.29, 0.717) is 17.8 Å². The largest absolute Gasteiger partial charge is 0.396 e. The van der Waals surface area contributed by atoms with Crippen LogP contribution >= 0.6 is 11.6 Å². The van der Waals surface area contributed by atoms with Gasteiger partial charge in [-0.1, -0.05) is 0 Å². The minimum Gasteiger partial charge on any atom is -0.396 e. The van der Waals surface area contributed by atoms with Crippen molar-refractivity contribution in [1.82, 2.24) is 19.5 Å². The van der Waals surface area contributed by atoms with Gasteiger partial charge in [0.15, 0.2) is 17.0 Å². The van der Waals surface area contributed by atoms with E-state index in [0.717, 1.165) is 43.4 Å². The lowest BCUT2D eigenvalue weighted by atomic mass is 9.86. The van der Waals surface area contributed by atoms with E-state index in [9.17, 15) is 5.11 Å². The number of halogens is 1. The van der Waals surface area contributed by atoms with Crippen LogP contribution in [0.15, 0.2) is 6.33 Å². The first-order valence-corrected chi connectivity index (χ1v) is 7.84. The average molecular weight is 310 g/mol. The third-order valence-electron chi connectivity index (χ3n) is 4.22. The molecule has 0 bridgehead atoms. The minimum atomic E-state index is 0.240. The van der Waals surface area contributed by atoms with Crippen molar-refractivity contribution in [3.05, 3.63) is 11.6 Å². The standard InChI is InChI=1S/C14H20ClN5O/c1-2-20-8-16-11-12(18-14(15)19-13(11)20)17-10-5-3-9(7-21)4-6-10/h8-10,21H,2-7H2,1H3,(H,17,18,19). The lowest BCUT2D eigenvalue weighted by Gasteiger charge is -2.28. The molecule has 0 amide bonds. The fraction of sp³-hybridized carbons (Fsp3) is 0.643. The molecule has 114 valence electrons. The summed E-state index contributed by atoms with van der Waals surface area (Å²) < 4.78 is 1.96. The number of nitrogens with zero attached hydrogens (tertiary/aromatic N) is 4. The Labute approximate surface area is 128 Å². The fourth-order valence-electron chi connectivity index (χ4n) is 2.93. The van der Waals surface area contributed by atoms with Gasteiger partial charge in [0.25, 0.3) is 0 Å². The van der Waals surface area contributed by atoms with Crippen LogP contribution in [0.3, 0.4) is 0 Å². The van der Waals surface area contributed by atoms with Crippen LogP contribution in [-0.2, 0) is 6.54 Å². The van der Waals surface area contributed by atoms with Gasteiger partial charge in [0.05, 0.1) is 6.33 Å². The molecule has 0 aromatic carbocycles. The van der Waals surface area contributed by atoms with Crippen LogP contribution < -0.4 is 5.32 Å². The second kappa shape index (κ2) is 6.15. The topological polar surface area (TPSA) is 75.9 Å². The van der Waals surface area contributed by atoms with Crippen molar-refractivity contribution in [2.75, 3.05) is 11.9 Å². The summed E-state index contributed by atoms with van der Waals surface area (Å²) in [6, 6.07) is 0.355. The summed E-state index contributed by atoms with van der Waals surface area (Å²) in [6.07, 6.45) is 5.91. The molecule has 0 saturated heterocycles. The summed E-state index contributed by atoms with van der Waals surface area (Å²) in [7, 11) is 0. The van der Waals surface area contributed by atoms with Crippen LogP contribution in [0.2, 0.25) is 5.28 Å². The average Bonchev–Trinajstić information content (AvgIpc) is 2.91. The Morgan fingerprint density at radius 3 is 2.76 bits per heavy atom. The number of nitrogens with one attached hydrogen (secondary N) is 1. The highest BCUT2D eigenvalue weighted by molar-refractivity contribution is 6.28. The van der Waals surface area contributed by atoms with Gasteiger partial charge in [-0.25, -0.2) is 4.98 Å². The van der Waals surface area contributed by atoms with Gasteiger partial charge in [0.1, 0.15) is 0 Å². The first-order valence-electron chi connectivity index (χ1n) is 7.47. The molecule has 1 saturated carbocycles. The van der Waals surface area contributed by atoms with Gasteiger partial charge in [0, 0.05) is 19.2 Å².